The van der Waals surface area contributed by atoms with Gasteiger partial charge in [-0.05, 0) is 112 Å². The van der Waals surface area contributed by atoms with E-state index in [1.54, 1.807) is 107 Å². The smallest absolute Gasteiger partial charge is 0.344 e. The molecule has 316 valence electrons. The van der Waals surface area contributed by atoms with E-state index in [1.807, 2.05) is 6.07 Å². The van der Waals surface area contributed by atoms with Crippen LogP contribution in [0.15, 0.2) is 60.7 Å². The molecule has 3 aromatic carbocycles. The summed E-state index contributed by atoms with van der Waals surface area (Å²) in [5, 5.41) is 0. The van der Waals surface area contributed by atoms with Crippen molar-refractivity contribution in [2.45, 2.75) is 112 Å². The van der Waals surface area contributed by atoms with Crippen LogP contribution >= 0.6 is 0 Å². The molecule has 0 N–H and O–H groups in total. The molecule has 14 heteroatoms. The van der Waals surface area contributed by atoms with Crippen LogP contribution in [0, 0.1) is 0 Å². The Kier molecular flexibility index (Phi) is 15.7. The minimum absolute atomic E-state index is 0.00652. The quantitative estimate of drug-likeness (QED) is 0.102. The summed E-state index contributed by atoms with van der Waals surface area (Å²) in [5.74, 6) is -3.41. The van der Waals surface area contributed by atoms with Crippen LogP contribution in [0.1, 0.15) is 99.0 Å². The second-order valence-corrected chi connectivity index (χ2v) is 17.1. The highest BCUT2D eigenvalue weighted by atomic mass is 16.6. The van der Waals surface area contributed by atoms with Crippen LogP contribution in [0.4, 0.5) is 0 Å². The van der Waals surface area contributed by atoms with Crippen molar-refractivity contribution in [2.24, 2.45) is 0 Å². The van der Waals surface area contributed by atoms with Crippen LogP contribution in [0.5, 0.6) is 23.0 Å². The third-order valence-electron chi connectivity index (χ3n) is 6.79. The van der Waals surface area contributed by atoms with Gasteiger partial charge < -0.3 is 42.6 Å². The lowest BCUT2D eigenvalue weighted by molar-refractivity contribution is -0.158. The fourth-order valence-electron chi connectivity index (χ4n) is 4.92. The van der Waals surface area contributed by atoms with Crippen LogP contribution in [-0.2, 0) is 49.5 Å². The van der Waals surface area contributed by atoms with Crippen LogP contribution in [0.25, 0.3) is 11.1 Å². The maximum absolute atomic E-state index is 13.9. The van der Waals surface area contributed by atoms with Crippen molar-refractivity contribution >= 4 is 29.8 Å². The van der Waals surface area contributed by atoms with E-state index < -0.39 is 78.7 Å². The Bertz CT molecular complexity index is 1860. The zero-order valence-corrected chi connectivity index (χ0v) is 35.5. The third kappa shape index (κ3) is 17.6. The van der Waals surface area contributed by atoms with Gasteiger partial charge in [-0.15, -0.1) is 0 Å². The molecule has 0 saturated heterocycles. The number of esters is 5. The monoisotopic (exact) mass is 808 g/mol. The van der Waals surface area contributed by atoms with E-state index in [0.717, 1.165) is 0 Å². The topological polar surface area (TPSA) is 168 Å². The van der Waals surface area contributed by atoms with Crippen molar-refractivity contribution in [3.05, 3.63) is 71.8 Å². The lowest BCUT2D eigenvalue weighted by Gasteiger charge is -2.22. The Morgan fingerprint density at radius 2 is 0.862 bits per heavy atom. The van der Waals surface area contributed by atoms with Gasteiger partial charge in [-0.1, -0.05) is 30.3 Å². The van der Waals surface area contributed by atoms with Gasteiger partial charge in [-0.2, -0.15) is 0 Å². The van der Waals surface area contributed by atoms with Crippen molar-refractivity contribution in [1.82, 2.24) is 0 Å². The lowest BCUT2D eigenvalue weighted by atomic mass is 10.00. The van der Waals surface area contributed by atoms with Gasteiger partial charge in [-0.3, -0.25) is 0 Å². The molecule has 0 fully saturated rings. The molecule has 0 saturated carbocycles. The molecule has 0 atom stereocenters. The normalized spacial score (nSPS) is 11.8. The highest BCUT2D eigenvalue weighted by molar-refractivity contribution is 5.95. The Morgan fingerprint density at radius 1 is 0.466 bits per heavy atom. The average molecular weight is 809 g/mol. The molecule has 0 heterocycles. The molecule has 3 rings (SSSR count). The zero-order valence-electron chi connectivity index (χ0n) is 35.5. The first kappa shape index (κ1) is 46.6. The van der Waals surface area contributed by atoms with Crippen molar-refractivity contribution in [3.8, 4) is 34.1 Å². The summed E-state index contributed by atoms with van der Waals surface area (Å²) >= 11 is 0. The van der Waals surface area contributed by atoms with Crippen molar-refractivity contribution < 1.29 is 66.6 Å². The maximum atomic E-state index is 13.9. The zero-order chi connectivity index (χ0) is 43.5. The van der Waals surface area contributed by atoms with E-state index in [9.17, 15) is 24.0 Å². The molecule has 0 aliphatic rings. The van der Waals surface area contributed by atoms with Gasteiger partial charge in [-0.25, -0.2) is 24.0 Å². The number of carbonyl (C=O) groups is 5. The molecule has 0 unspecified atom stereocenters. The fourth-order valence-corrected chi connectivity index (χ4v) is 4.92. The predicted octanol–water partition coefficient (Wildman–Crippen LogP) is 7.59. The second-order valence-electron chi connectivity index (χ2n) is 17.1. The van der Waals surface area contributed by atoms with Gasteiger partial charge in [0.05, 0.1) is 0 Å². The van der Waals surface area contributed by atoms with E-state index in [4.69, 9.17) is 42.6 Å². The molecule has 0 radical (unpaired) electrons. The summed E-state index contributed by atoms with van der Waals surface area (Å²) < 4.78 is 50.9. The molecular weight excluding hydrogens is 752 g/mol. The molecule has 58 heavy (non-hydrogen) atoms. The standard InChI is InChI=1S/C44H56O14/c1-41(2,3)55-36(45)24-50-30-18-29(19-31(20-30)51-25-37(46)56-42(4,5)6)32-21-33(40(49)54-23-28-16-14-13-15-17-28)35(53-27-39(48)58-44(10,11)12)22-34(32)52-26-38(47)57-43(7,8)9/h13-22H,23-27H2,1-12H3. The molecule has 14 nitrogen and oxygen atoms in total. The van der Waals surface area contributed by atoms with Crippen molar-refractivity contribution in [3.63, 3.8) is 0 Å². The van der Waals surface area contributed by atoms with Crippen molar-refractivity contribution in [2.75, 3.05) is 26.4 Å². The van der Waals surface area contributed by atoms with E-state index in [0.29, 0.717) is 5.56 Å². The number of rotatable bonds is 16. The number of carbonyl (C=O) groups excluding carboxylic acids is 5. The SMILES string of the molecule is CC(C)(C)OC(=O)COc1cc(OCC(=O)OC(C)(C)C)cc(-c2cc(C(=O)OCc3ccccc3)c(OCC(=O)OC(C)(C)C)cc2OCC(=O)OC(C)(C)C)c1. The van der Waals surface area contributed by atoms with Crippen LogP contribution in [-0.4, -0.2) is 78.7 Å². The summed E-state index contributed by atoms with van der Waals surface area (Å²) in [6.45, 7) is 18.3. The minimum Gasteiger partial charge on any atom is -0.482 e. The first-order valence-corrected chi connectivity index (χ1v) is 18.7. The molecule has 0 spiro atoms. The maximum Gasteiger partial charge on any atom is 0.344 e. The predicted molar refractivity (Wildman–Crippen MR) is 213 cm³/mol. The summed E-state index contributed by atoms with van der Waals surface area (Å²) in [5.41, 5.74) is -2.10. The van der Waals surface area contributed by atoms with Crippen molar-refractivity contribution in [1.29, 1.82) is 0 Å². The molecule has 0 aliphatic heterocycles. The summed E-state index contributed by atoms with van der Waals surface area (Å²) in [7, 11) is 0. The summed E-state index contributed by atoms with van der Waals surface area (Å²) in [6.07, 6.45) is 0. The van der Waals surface area contributed by atoms with Gasteiger partial charge in [0.15, 0.2) is 26.4 Å². The summed E-state index contributed by atoms with van der Waals surface area (Å²) in [6, 6.07) is 16.2. The third-order valence-corrected chi connectivity index (χ3v) is 6.79. The van der Waals surface area contributed by atoms with Crippen LogP contribution in [0.3, 0.4) is 0 Å². The van der Waals surface area contributed by atoms with Gasteiger partial charge >= 0.3 is 29.8 Å². The molecule has 0 amide bonds. The van der Waals surface area contributed by atoms with Gasteiger partial charge in [0.25, 0.3) is 0 Å². The molecule has 3 aromatic rings. The highest BCUT2D eigenvalue weighted by Gasteiger charge is 2.26. The number of benzene rings is 3. The molecule has 0 aromatic heterocycles. The Labute approximate surface area is 340 Å². The highest BCUT2D eigenvalue weighted by Crippen LogP contribution is 2.40. The van der Waals surface area contributed by atoms with Gasteiger partial charge in [0.1, 0.15) is 57.6 Å². The average Bonchev–Trinajstić information content (AvgIpc) is 3.07. The van der Waals surface area contributed by atoms with Gasteiger partial charge in [0.2, 0.25) is 0 Å². The van der Waals surface area contributed by atoms with Crippen LogP contribution in [0.2, 0.25) is 0 Å². The Morgan fingerprint density at radius 3 is 1.28 bits per heavy atom. The summed E-state index contributed by atoms with van der Waals surface area (Å²) in [4.78, 5) is 64.7. The second kappa shape index (κ2) is 19.6. The Hall–Kier alpha value is -5.79. The molecule has 0 aliphatic carbocycles. The minimum atomic E-state index is -0.822. The fraction of sp³-hybridized carbons (Fsp3) is 0.477. The largest absolute Gasteiger partial charge is 0.482 e. The Balaban J connectivity index is 2.20. The van der Waals surface area contributed by atoms with E-state index in [2.05, 4.69) is 0 Å². The van der Waals surface area contributed by atoms with E-state index in [-0.39, 0.29) is 46.3 Å². The first-order chi connectivity index (χ1) is 26.7. The van der Waals surface area contributed by atoms with Gasteiger partial charge in [0, 0.05) is 17.7 Å². The molecule has 0 bridgehead atoms. The lowest BCUT2D eigenvalue weighted by Crippen LogP contribution is -2.28. The van der Waals surface area contributed by atoms with E-state index >= 15 is 0 Å². The number of hydrogen-bond acceptors (Lipinski definition) is 14. The first-order valence-electron chi connectivity index (χ1n) is 18.7. The number of ether oxygens (including phenoxy) is 9. The number of hydrogen-bond donors (Lipinski definition) is 0. The molecular formula is C44H56O14. The van der Waals surface area contributed by atoms with E-state index in [1.165, 1.54) is 30.3 Å². The van der Waals surface area contributed by atoms with Crippen LogP contribution < -0.4 is 18.9 Å².